The van der Waals surface area contributed by atoms with E-state index in [0.29, 0.717) is 11.5 Å². The standard InChI is InChI=1S/C12H14O3S2/c1-9(13)16-7-10(12(14)15)8-17-11-5-3-2-4-6-11/h2-6,10H,7-8H2,1H3,(H,14,15). The van der Waals surface area contributed by atoms with E-state index in [0.717, 1.165) is 16.7 Å². The lowest BCUT2D eigenvalue weighted by Gasteiger charge is -2.10. The quantitative estimate of drug-likeness (QED) is 0.806. The van der Waals surface area contributed by atoms with Gasteiger partial charge in [-0.15, -0.1) is 11.8 Å². The van der Waals surface area contributed by atoms with Crippen LogP contribution in [-0.2, 0) is 9.59 Å². The predicted octanol–water partition coefficient (Wildman–Crippen LogP) is 2.76. The molecule has 1 rings (SSSR count). The van der Waals surface area contributed by atoms with Crippen LogP contribution in [0.25, 0.3) is 0 Å². The van der Waals surface area contributed by atoms with Crippen LogP contribution in [0, 0.1) is 5.92 Å². The molecular weight excluding hydrogens is 256 g/mol. The van der Waals surface area contributed by atoms with Crippen molar-refractivity contribution in [2.45, 2.75) is 11.8 Å². The Morgan fingerprint density at radius 3 is 2.41 bits per heavy atom. The molecule has 0 aliphatic rings. The van der Waals surface area contributed by atoms with E-state index in [2.05, 4.69) is 0 Å². The zero-order chi connectivity index (χ0) is 12.7. The summed E-state index contributed by atoms with van der Waals surface area (Å²) >= 11 is 2.57. The molecule has 0 fully saturated rings. The minimum atomic E-state index is -0.845. The molecule has 0 radical (unpaired) electrons. The van der Waals surface area contributed by atoms with Gasteiger partial charge in [-0.25, -0.2) is 0 Å². The van der Waals surface area contributed by atoms with Gasteiger partial charge < -0.3 is 5.11 Å². The van der Waals surface area contributed by atoms with Crippen LogP contribution in [0.4, 0.5) is 0 Å². The molecule has 0 aliphatic heterocycles. The van der Waals surface area contributed by atoms with Gasteiger partial charge in [0, 0.05) is 23.3 Å². The molecule has 1 atom stereocenters. The van der Waals surface area contributed by atoms with Crippen molar-refractivity contribution in [3.63, 3.8) is 0 Å². The van der Waals surface area contributed by atoms with Crippen LogP contribution in [0.5, 0.6) is 0 Å². The van der Waals surface area contributed by atoms with Crippen molar-refractivity contribution in [3.05, 3.63) is 30.3 Å². The van der Waals surface area contributed by atoms with Gasteiger partial charge >= 0.3 is 5.97 Å². The average Bonchev–Trinajstić information content (AvgIpc) is 2.29. The van der Waals surface area contributed by atoms with E-state index in [1.54, 1.807) is 0 Å². The highest BCUT2D eigenvalue weighted by Crippen LogP contribution is 2.22. The number of carboxylic acids is 1. The summed E-state index contributed by atoms with van der Waals surface area (Å²) in [4.78, 5) is 22.9. The lowest BCUT2D eigenvalue weighted by molar-refractivity contribution is -0.140. The van der Waals surface area contributed by atoms with Gasteiger partial charge in [0.1, 0.15) is 0 Å². The summed E-state index contributed by atoms with van der Waals surface area (Å²) in [6.45, 7) is 1.45. The first-order valence-electron chi connectivity index (χ1n) is 5.13. The Hall–Kier alpha value is -0.940. The lowest BCUT2D eigenvalue weighted by Crippen LogP contribution is -2.19. The minimum Gasteiger partial charge on any atom is -0.481 e. The van der Waals surface area contributed by atoms with Crippen molar-refractivity contribution in [1.29, 1.82) is 0 Å². The fraction of sp³-hybridized carbons (Fsp3) is 0.333. The predicted molar refractivity (Wildman–Crippen MR) is 71.4 cm³/mol. The van der Waals surface area contributed by atoms with E-state index in [4.69, 9.17) is 5.11 Å². The van der Waals surface area contributed by atoms with Gasteiger partial charge in [-0.1, -0.05) is 30.0 Å². The molecule has 0 amide bonds. The topological polar surface area (TPSA) is 54.4 Å². The van der Waals surface area contributed by atoms with Crippen LogP contribution in [0.1, 0.15) is 6.92 Å². The van der Waals surface area contributed by atoms with Gasteiger partial charge in [0.25, 0.3) is 0 Å². The van der Waals surface area contributed by atoms with Crippen LogP contribution in [0.15, 0.2) is 35.2 Å². The van der Waals surface area contributed by atoms with Crippen molar-refractivity contribution >= 4 is 34.6 Å². The molecule has 1 aromatic carbocycles. The first-order chi connectivity index (χ1) is 8.09. The van der Waals surface area contributed by atoms with Gasteiger partial charge in [0.05, 0.1) is 5.92 Å². The van der Waals surface area contributed by atoms with E-state index in [-0.39, 0.29) is 5.12 Å². The Bertz CT molecular complexity index is 379. The van der Waals surface area contributed by atoms with Gasteiger partial charge in [-0.2, -0.15) is 0 Å². The number of carbonyl (C=O) groups is 2. The summed E-state index contributed by atoms with van der Waals surface area (Å²) < 4.78 is 0. The van der Waals surface area contributed by atoms with Gasteiger partial charge in [-0.05, 0) is 12.1 Å². The van der Waals surface area contributed by atoms with Crippen LogP contribution >= 0.6 is 23.5 Å². The molecule has 0 aromatic heterocycles. The molecule has 1 N–H and O–H groups in total. The lowest BCUT2D eigenvalue weighted by atomic mass is 10.2. The Labute approximate surface area is 109 Å². The zero-order valence-electron chi connectivity index (χ0n) is 9.46. The maximum Gasteiger partial charge on any atom is 0.308 e. The van der Waals surface area contributed by atoms with E-state index >= 15 is 0 Å². The first-order valence-corrected chi connectivity index (χ1v) is 7.10. The second-order valence-corrected chi connectivity index (χ2v) is 5.75. The summed E-state index contributed by atoms with van der Waals surface area (Å²) in [6.07, 6.45) is 0. The maximum atomic E-state index is 11.0. The molecule has 0 spiro atoms. The number of carboxylic acid groups (broad SMARTS) is 1. The number of hydrogen-bond acceptors (Lipinski definition) is 4. The summed E-state index contributed by atoms with van der Waals surface area (Å²) in [7, 11) is 0. The molecule has 0 heterocycles. The summed E-state index contributed by atoms with van der Waals surface area (Å²) in [6, 6.07) is 9.65. The maximum absolute atomic E-state index is 11.0. The highest BCUT2D eigenvalue weighted by atomic mass is 32.2. The highest BCUT2D eigenvalue weighted by molar-refractivity contribution is 8.13. The number of hydrogen-bond donors (Lipinski definition) is 1. The Morgan fingerprint density at radius 1 is 1.24 bits per heavy atom. The fourth-order valence-corrected chi connectivity index (χ4v) is 2.97. The van der Waals surface area contributed by atoms with Crippen LogP contribution in [0.3, 0.4) is 0 Å². The number of benzene rings is 1. The van der Waals surface area contributed by atoms with Crippen molar-refractivity contribution in [3.8, 4) is 0 Å². The molecule has 92 valence electrons. The van der Waals surface area contributed by atoms with Crippen molar-refractivity contribution < 1.29 is 14.7 Å². The Kier molecular flexibility index (Phi) is 6.15. The number of carbonyl (C=O) groups excluding carboxylic acids is 1. The molecule has 0 aliphatic carbocycles. The molecule has 17 heavy (non-hydrogen) atoms. The Balaban J connectivity index is 2.45. The summed E-state index contributed by atoms with van der Waals surface area (Å²) in [5, 5.41) is 8.99. The molecule has 1 aromatic rings. The van der Waals surface area contributed by atoms with E-state index in [1.165, 1.54) is 18.7 Å². The minimum absolute atomic E-state index is 0.0408. The van der Waals surface area contributed by atoms with E-state index in [9.17, 15) is 9.59 Å². The molecule has 0 saturated carbocycles. The van der Waals surface area contributed by atoms with Crippen molar-refractivity contribution in [2.24, 2.45) is 5.92 Å². The highest BCUT2D eigenvalue weighted by Gasteiger charge is 2.18. The third-order valence-electron chi connectivity index (χ3n) is 2.03. The molecule has 1 unspecified atom stereocenters. The third kappa shape index (κ3) is 5.79. The smallest absolute Gasteiger partial charge is 0.308 e. The SMILES string of the molecule is CC(=O)SCC(CSc1ccccc1)C(=O)O. The fourth-order valence-electron chi connectivity index (χ4n) is 1.12. The largest absolute Gasteiger partial charge is 0.481 e. The summed E-state index contributed by atoms with van der Waals surface area (Å²) in [5.74, 6) is -0.513. The molecule has 5 heteroatoms. The molecule has 0 bridgehead atoms. The monoisotopic (exact) mass is 270 g/mol. The summed E-state index contributed by atoms with van der Waals surface area (Å²) in [5.41, 5.74) is 0. The number of aliphatic carboxylic acids is 1. The molecule has 3 nitrogen and oxygen atoms in total. The number of thioether (sulfide) groups is 2. The first kappa shape index (κ1) is 14.1. The zero-order valence-corrected chi connectivity index (χ0v) is 11.1. The third-order valence-corrected chi connectivity index (χ3v) is 4.18. The van der Waals surface area contributed by atoms with Crippen molar-refractivity contribution in [2.75, 3.05) is 11.5 Å². The second-order valence-electron chi connectivity index (χ2n) is 3.46. The van der Waals surface area contributed by atoms with Crippen LogP contribution < -0.4 is 0 Å². The number of rotatable bonds is 6. The average molecular weight is 270 g/mol. The molecular formula is C12H14O3S2. The Morgan fingerprint density at radius 2 is 1.88 bits per heavy atom. The van der Waals surface area contributed by atoms with Crippen LogP contribution in [-0.4, -0.2) is 27.7 Å². The van der Waals surface area contributed by atoms with E-state index in [1.807, 2.05) is 30.3 Å². The van der Waals surface area contributed by atoms with Crippen LogP contribution in [0.2, 0.25) is 0 Å². The molecule has 0 saturated heterocycles. The van der Waals surface area contributed by atoms with Gasteiger partial charge in [0.2, 0.25) is 0 Å². The van der Waals surface area contributed by atoms with Gasteiger partial charge in [0.15, 0.2) is 5.12 Å². The van der Waals surface area contributed by atoms with Gasteiger partial charge in [-0.3, -0.25) is 9.59 Å². The van der Waals surface area contributed by atoms with Crippen molar-refractivity contribution in [1.82, 2.24) is 0 Å². The second kappa shape index (κ2) is 7.40. The van der Waals surface area contributed by atoms with E-state index < -0.39 is 11.9 Å². The normalized spacial score (nSPS) is 12.1.